The van der Waals surface area contributed by atoms with Crippen LogP contribution in [0, 0.1) is 17.0 Å². The Bertz CT molecular complexity index is 665. The normalized spacial score (nSPS) is 15.6. The van der Waals surface area contributed by atoms with E-state index < -0.39 is 0 Å². The highest BCUT2D eigenvalue weighted by Gasteiger charge is 2.25. The summed E-state index contributed by atoms with van der Waals surface area (Å²) in [5.74, 6) is 0. The zero-order chi connectivity index (χ0) is 13.6. The molecule has 1 saturated heterocycles. The van der Waals surface area contributed by atoms with Crippen molar-refractivity contribution in [2.24, 2.45) is 5.73 Å². The summed E-state index contributed by atoms with van der Waals surface area (Å²) in [4.78, 5) is 17.0. The van der Waals surface area contributed by atoms with Gasteiger partial charge in [-0.15, -0.1) is 0 Å². The Morgan fingerprint density at radius 1 is 1.42 bits per heavy atom. The van der Waals surface area contributed by atoms with Crippen molar-refractivity contribution in [1.29, 1.82) is 0 Å². The van der Waals surface area contributed by atoms with Crippen LogP contribution in [0.15, 0.2) is 24.3 Å². The molecule has 6 heteroatoms. The molecule has 98 valence electrons. The number of nitro benzene ring substituents is 1. The van der Waals surface area contributed by atoms with Crippen LogP contribution in [0.2, 0.25) is 0 Å². The minimum Gasteiger partial charge on any atom is -0.368 e. The van der Waals surface area contributed by atoms with Gasteiger partial charge in [-0.05, 0) is 19.1 Å². The lowest BCUT2D eigenvalue weighted by Crippen LogP contribution is -2.55. The summed E-state index contributed by atoms with van der Waals surface area (Å²) in [5.41, 5.74) is 8.55. The van der Waals surface area contributed by atoms with Crippen molar-refractivity contribution in [3.8, 4) is 0 Å². The van der Waals surface area contributed by atoms with Crippen molar-refractivity contribution >= 4 is 22.3 Å². The molecule has 0 saturated carbocycles. The van der Waals surface area contributed by atoms with E-state index in [0.29, 0.717) is 0 Å². The van der Waals surface area contributed by atoms with Gasteiger partial charge in [0.25, 0.3) is 5.69 Å². The lowest BCUT2D eigenvalue weighted by molar-refractivity contribution is -0.384. The number of aryl methyl sites for hydroxylation is 1. The minimum atomic E-state index is -0.384. The monoisotopic (exact) mass is 258 g/mol. The number of benzene rings is 1. The Hall–Kier alpha value is -2.21. The number of nitrogens with two attached hydrogens (primary N) is 1. The molecule has 1 aromatic carbocycles. The van der Waals surface area contributed by atoms with E-state index >= 15 is 0 Å². The van der Waals surface area contributed by atoms with Crippen LogP contribution in [0.4, 0.5) is 11.4 Å². The van der Waals surface area contributed by atoms with Crippen LogP contribution in [-0.2, 0) is 0 Å². The average Bonchev–Trinajstić information content (AvgIpc) is 2.33. The van der Waals surface area contributed by atoms with Crippen molar-refractivity contribution in [2.75, 3.05) is 18.0 Å². The van der Waals surface area contributed by atoms with Gasteiger partial charge in [0, 0.05) is 48.0 Å². The van der Waals surface area contributed by atoms with Gasteiger partial charge in [0.05, 0.1) is 10.4 Å². The van der Waals surface area contributed by atoms with E-state index in [1.807, 2.05) is 13.0 Å². The number of hydrogen-bond acceptors (Lipinski definition) is 5. The standard InChI is InChI=1S/C13H14N4O2/c1-8-4-13(16-6-9(14)7-16)11-5-10(17(18)19)2-3-12(11)15-8/h2-5,9H,6-7,14H2,1H3. The van der Waals surface area contributed by atoms with Crippen molar-refractivity contribution in [1.82, 2.24) is 4.98 Å². The molecule has 0 spiro atoms. The summed E-state index contributed by atoms with van der Waals surface area (Å²) >= 11 is 0. The maximum Gasteiger partial charge on any atom is 0.270 e. The summed E-state index contributed by atoms with van der Waals surface area (Å²) in [6, 6.07) is 6.91. The number of fused-ring (bicyclic) bond motifs is 1. The lowest BCUT2D eigenvalue weighted by Gasteiger charge is -2.39. The van der Waals surface area contributed by atoms with Gasteiger partial charge in [-0.25, -0.2) is 0 Å². The van der Waals surface area contributed by atoms with Crippen molar-refractivity contribution in [2.45, 2.75) is 13.0 Å². The molecule has 2 heterocycles. The zero-order valence-corrected chi connectivity index (χ0v) is 10.5. The second-order valence-electron chi connectivity index (χ2n) is 4.91. The molecule has 1 aliphatic rings. The maximum atomic E-state index is 10.9. The molecule has 0 amide bonds. The van der Waals surface area contributed by atoms with Gasteiger partial charge in [0.1, 0.15) is 0 Å². The van der Waals surface area contributed by atoms with Gasteiger partial charge in [-0.3, -0.25) is 15.1 Å². The van der Waals surface area contributed by atoms with Crippen LogP contribution < -0.4 is 10.6 Å². The number of nitrogens with zero attached hydrogens (tertiary/aromatic N) is 3. The van der Waals surface area contributed by atoms with Crippen LogP contribution in [0.25, 0.3) is 10.9 Å². The molecule has 0 atom stereocenters. The fourth-order valence-corrected chi connectivity index (χ4v) is 2.41. The number of pyridine rings is 1. The van der Waals surface area contributed by atoms with Crippen LogP contribution in [0.1, 0.15) is 5.69 Å². The first-order chi connectivity index (χ1) is 9.04. The highest BCUT2D eigenvalue weighted by Crippen LogP contribution is 2.31. The largest absolute Gasteiger partial charge is 0.368 e. The second-order valence-corrected chi connectivity index (χ2v) is 4.91. The van der Waals surface area contributed by atoms with E-state index in [1.54, 1.807) is 12.1 Å². The summed E-state index contributed by atoms with van der Waals surface area (Å²) < 4.78 is 0. The van der Waals surface area contributed by atoms with Gasteiger partial charge in [-0.2, -0.15) is 0 Å². The van der Waals surface area contributed by atoms with Gasteiger partial charge in [0.2, 0.25) is 0 Å². The molecule has 0 unspecified atom stereocenters. The van der Waals surface area contributed by atoms with E-state index in [9.17, 15) is 10.1 Å². The van der Waals surface area contributed by atoms with Gasteiger partial charge in [0.15, 0.2) is 0 Å². The van der Waals surface area contributed by atoms with Crippen molar-refractivity contribution in [3.05, 3.63) is 40.1 Å². The molecular formula is C13H14N4O2. The number of nitro groups is 1. The third-order valence-electron chi connectivity index (χ3n) is 3.36. The zero-order valence-electron chi connectivity index (χ0n) is 10.5. The number of non-ortho nitro benzene ring substituents is 1. The lowest BCUT2D eigenvalue weighted by atomic mass is 10.1. The Balaban J connectivity index is 2.17. The summed E-state index contributed by atoms with van der Waals surface area (Å²) in [7, 11) is 0. The van der Waals surface area contributed by atoms with Crippen molar-refractivity contribution in [3.63, 3.8) is 0 Å². The Labute approximate surface area is 110 Å². The molecule has 0 radical (unpaired) electrons. The van der Waals surface area contributed by atoms with Gasteiger partial charge in [-0.1, -0.05) is 0 Å². The van der Waals surface area contributed by atoms with Crippen molar-refractivity contribution < 1.29 is 4.92 Å². The number of aromatic nitrogens is 1. The highest BCUT2D eigenvalue weighted by atomic mass is 16.6. The van der Waals surface area contributed by atoms with E-state index in [2.05, 4.69) is 9.88 Å². The summed E-state index contributed by atoms with van der Waals surface area (Å²) in [6.45, 7) is 3.48. The molecule has 2 aromatic rings. The van der Waals surface area contributed by atoms with Crippen LogP contribution in [0.3, 0.4) is 0 Å². The third-order valence-corrected chi connectivity index (χ3v) is 3.36. The highest BCUT2D eigenvalue weighted by molar-refractivity contribution is 5.94. The molecule has 19 heavy (non-hydrogen) atoms. The fourth-order valence-electron chi connectivity index (χ4n) is 2.41. The quantitative estimate of drug-likeness (QED) is 0.653. The third kappa shape index (κ3) is 2.00. The van der Waals surface area contributed by atoms with Crippen LogP contribution in [-0.4, -0.2) is 29.0 Å². The smallest absolute Gasteiger partial charge is 0.270 e. The predicted octanol–water partition coefficient (Wildman–Crippen LogP) is 1.60. The van der Waals surface area contributed by atoms with E-state index in [0.717, 1.165) is 35.4 Å². The Morgan fingerprint density at radius 2 is 2.16 bits per heavy atom. The van der Waals surface area contributed by atoms with E-state index in [-0.39, 0.29) is 16.7 Å². The molecule has 1 aliphatic heterocycles. The molecule has 6 nitrogen and oxygen atoms in total. The first-order valence-corrected chi connectivity index (χ1v) is 6.11. The Kier molecular flexibility index (Phi) is 2.60. The second kappa shape index (κ2) is 4.17. The van der Waals surface area contributed by atoms with E-state index in [4.69, 9.17) is 5.73 Å². The number of rotatable bonds is 2. The Morgan fingerprint density at radius 3 is 2.79 bits per heavy atom. The van der Waals surface area contributed by atoms with Gasteiger partial charge < -0.3 is 10.6 Å². The number of hydrogen-bond donors (Lipinski definition) is 1. The van der Waals surface area contributed by atoms with Crippen LogP contribution >= 0.6 is 0 Å². The minimum absolute atomic E-state index is 0.0872. The first kappa shape index (κ1) is 11.9. The van der Waals surface area contributed by atoms with Crippen LogP contribution in [0.5, 0.6) is 0 Å². The van der Waals surface area contributed by atoms with E-state index in [1.165, 1.54) is 6.07 Å². The predicted molar refractivity (Wildman–Crippen MR) is 73.3 cm³/mol. The average molecular weight is 258 g/mol. The molecule has 0 aliphatic carbocycles. The molecule has 2 N–H and O–H groups in total. The fraction of sp³-hybridized carbons (Fsp3) is 0.308. The first-order valence-electron chi connectivity index (χ1n) is 6.11. The SMILES string of the molecule is Cc1cc(N2CC(N)C2)c2cc([N+](=O)[O-])ccc2n1. The molecule has 1 aromatic heterocycles. The topological polar surface area (TPSA) is 85.3 Å². The van der Waals surface area contributed by atoms with Gasteiger partial charge >= 0.3 is 0 Å². The molecule has 3 rings (SSSR count). The number of anilines is 1. The molecule has 0 bridgehead atoms. The summed E-state index contributed by atoms with van der Waals surface area (Å²) in [6.07, 6.45) is 0. The molecule has 1 fully saturated rings. The maximum absolute atomic E-state index is 10.9. The molecular weight excluding hydrogens is 244 g/mol. The summed E-state index contributed by atoms with van der Waals surface area (Å²) in [5, 5.41) is 11.7.